The first-order valence-corrected chi connectivity index (χ1v) is 10.9. The van der Waals surface area contributed by atoms with E-state index in [9.17, 15) is 0 Å². The van der Waals surface area contributed by atoms with Gasteiger partial charge in [0.15, 0.2) is 11.8 Å². The van der Waals surface area contributed by atoms with Crippen molar-refractivity contribution in [2.24, 2.45) is 12.0 Å². The van der Waals surface area contributed by atoms with Crippen molar-refractivity contribution in [2.75, 3.05) is 32.8 Å². The summed E-state index contributed by atoms with van der Waals surface area (Å²) in [7, 11) is 1.97. The molecule has 0 aromatic carbocycles. The van der Waals surface area contributed by atoms with Gasteiger partial charge in [-0.3, -0.25) is 4.90 Å². The molecule has 3 heterocycles. The van der Waals surface area contributed by atoms with Gasteiger partial charge >= 0.3 is 0 Å². The Morgan fingerprint density at radius 1 is 1.35 bits per heavy atom. The molecule has 1 unspecified atom stereocenters. The number of furan rings is 1. The van der Waals surface area contributed by atoms with Gasteiger partial charge in [0.05, 0.1) is 6.26 Å². The summed E-state index contributed by atoms with van der Waals surface area (Å²) in [5, 5.41) is 15.3. The molecule has 2 N–H and O–H groups in total. The van der Waals surface area contributed by atoms with E-state index in [0.717, 1.165) is 49.4 Å². The van der Waals surface area contributed by atoms with Crippen LogP contribution in [0.5, 0.6) is 0 Å². The van der Waals surface area contributed by atoms with Gasteiger partial charge in [0.25, 0.3) is 0 Å². The third-order valence-corrected chi connectivity index (χ3v) is 5.55. The average Bonchev–Trinajstić information content (AvgIpc) is 3.49. The van der Waals surface area contributed by atoms with Crippen molar-refractivity contribution in [3.8, 4) is 0 Å². The minimum Gasteiger partial charge on any atom is -0.467 e. The second-order valence-electron chi connectivity index (χ2n) is 7.61. The molecule has 31 heavy (non-hydrogen) atoms. The van der Waals surface area contributed by atoms with E-state index in [1.165, 1.54) is 19.4 Å². The lowest BCUT2D eigenvalue weighted by Gasteiger charge is -2.24. The van der Waals surface area contributed by atoms with Crippen molar-refractivity contribution in [1.29, 1.82) is 0 Å². The van der Waals surface area contributed by atoms with E-state index >= 15 is 0 Å². The molecule has 174 valence electrons. The molecule has 0 aliphatic carbocycles. The Hall–Kier alpha value is -1.66. The first-order chi connectivity index (χ1) is 14.7. The Bertz CT molecular complexity index is 779. The monoisotopic (exact) mass is 545 g/mol. The summed E-state index contributed by atoms with van der Waals surface area (Å²) in [5.41, 5.74) is 0. The lowest BCUT2D eigenvalue weighted by molar-refractivity contribution is 0.105. The summed E-state index contributed by atoms with van der Waals surface area (Å²) in [6.07, 6.45) is 5.05. The Balaban J connectivity index is 0.00000341. The predicted molar refractivity (Wildman–Crippen MR) is 132 cm³/mol. The van der Waals surface area contributed by atoms with Crippen LogP contribution in [0.15, 0.2) is 27.8 Å². The van der Waals surface area contributed by atoms with Crippen LogP contribution in [-0.2, 0) is 24.9 Å². The quantitative estimate of drug-likeness (QED) is 0.194. The summed E-state index contributed by atoms with van der Waals surface area (Å²) in [4.78, 5) is 7.26. The number of aliphatic imine (C=N–C) groups is 1. The van der Waals surface area contributed by atoms with Crippen LogP contribution >= 0.6 is 24.0 Å². The summed E-state index contributed by atoms with van der Waals surface area (Å²) in [6.45, 7) is 9.79. The van der Waals surface area contributed by atoms with Crippen LogP contribution in [0.25, 0.3) is 0 Å². The molecule has 1 fully saturated rings. The molecule has 3 rings (SSSR count). The zero-order valence-electron chi connectivity index (χ0n) is 18.8. The van der Waals surface area contributed by atoms with E-state index in [1.807, 2.05) is 30.7 Å². The maximum atomic E-state index is 5.66. The SMILES string of the molecule is CCN1CCCC1CNC(=NCc1nnc(C)n1C)NCCCOCc1ccco1.I. The number of nitrogens with zero attached hydrogens (tertiary/aromatic N) is 5. The highest BCUT2D eigenvalue weighted by Gasteiger charge is 2.22. The normalized spacial score (nSPS) is 17.0. The lowest BCUT2D eigenvalue weighted by Crippen LogP contribution is -2.45. The summed E-state index contributed by atoms with van der Waals surface area (Å²) in [6, 6.07) is 4.36. The number of guanidine groups is 1. The van der Waals surface area contributed by atoms with E-state index < -0.39 is 0 Å². The number of ether oxygens (including phenoxy) is 1. The average molecular weight is 545 g/mol. The highest BCUT2D eigenvalue weighted by atomic mass is 127. The predicted octanol–water partition coefficient (Wildman–Crippen LogP) is 2.46. The van der Waals surface area contributed by atoms with Gasteiger partial charge in [-0.15, -0.1) is 34.2 Å². The summed E-state index contributed by atoms with van der Waals surface area (Å²) in [5.74, 6) is 3.40. The molecule has 10 heteroatoms. The number of rotatable bonds is 11. The molecule has 1 atom stereocenters. The van der Waals surface area contributed by atoms with Gasteiger partial charge in [0.1, 0.15) is 24.7 Å². The third-order valence-electron chi connectivity index (χ3n) is 5.55. The van der Waals surface area contributed by atoms with Crippen molar-refractivity contribution in [3.63, 3.8) is 0 Å². The largest absolute Gasteiger partial charge is 0.467 e. The van der Waals surface area contributed by atoms with Crippen molar-refractivity contribution in [2.45, 2.75) is 52.3 Å². The number of nitrogens with one attached hydrogen (secondary N) is 2. The number of hydrogen-bond acceptors (Lipinski definition) is 6. The van der Waals surface area contributed by atoms with Crippen LogP contribution in [-0.4, -0.2) is 64.5 Å². The van der Waals surface area contributed by atoms with Gasteiger partial charge in [-0.2, -0.15) is 0 Å². The van der Waals surface area contributed by atoms with E-state index in [2.05, 4.69) is 32.7 Å². The summed E-state index contributed by atoms with van der Waals surface area (Å²) >= 11 is 0. The van der Waals surface area contributed by atoms with Crippen molar-refractivity contribution in [3.05, 3.63) is 35.8 Å². The number of aryl methyl sites for hydroxylation is 1. The van der Waals surface area contributed by atoms with E-state index in [4.69, 9.17) is 14.1 Å². The van der Waals surface area contributed by atoms with Gasteiger partial charge in [-0.05, 0) is 51.4 Å². The molecule has 1 aliphatic rings. The topological polar surface area (TPSA) is 92.7 Å². The smallest absolute Gasteiger partial charge is 0.191 e. The zero-order valence-corrected chi connectivity index (χ0v) is 21.2. The van der Waals surface area contributed by atoms with Crippen LogP contribution < -0.4 is 10.6 Å². The maximum Gasteiger partial charge on any atom is 0.191 e. The van der Waals surface area contributed by atoms with Crippen LogP contribution in [0.2, 0.25) is 0 Å². The Morgan fingerprint density at radius 2 is 2.23 bits per heavy atom. The number of halogens is 1. The second-order valence-corrected chi connectivity index (χ2v) is 7.61. The minimum absolute atomic E-state index is 0. The van der Waals surface area contributed by atoms with E-state index in [1.54, 1.807) is 6.26 Å². The molecule has 0 saturated carbocycles. The van der Waals surface area contributed by atoms with Crippen LogP contribution in [0.1, 0.15) is 43.6 Å². The molecule has 0 spiro atoms. The number of aromatic nitrogens is 3. The fourth-order valence-electron chi connectivity index (χ4n) is 3.62. The fraction of sp³-hybridized carbons (Fsp3) is 0.667. The second kappa shape index (κ2) is 13.7. The molecule has 0 amide bonds. The number of likely N-dealkylation sites (tertiary alicyclic amines) is 1. The van der Waals surface area contributed by atoms with Gasteiger partial charge in [0, 0.05) is 32.8 Å². The van der Waals surface area contributed by atoms with Crippen molar-refractivity contribution < 1.29 is 9.15 Å². The number of hydrogen-bond donors (Lipinski definition) is 2. The van der Waals surface area contributed by atoms with E-state index in [-0.39, 0.29) is 24.0 Å². The minimum atomic E-state index is 0. The van der Waals surface area contributed by atoms with Crippen molar-refractivity contribution in [1.82, 2.24) is 30.3 Å². The van der Waals surface area contributed by atoms with Gasteiger partial charge in [-0.25, -0.2) is 4.99 Å². The molecular formula is C21H36IN7O2. The van der Waals surface area contributed by atoms with Crippen molar-refractivity contribution >= 4 is 29.9 Å². The Labute approximate surface area is 202 Å². The third kappa shape index (κ3) is 8.08. The fourth-order valence-corrected chi connectivity index (χ4v) is 3.62. The van der Waals surface area contributed by atoms with E-state index in [0.29, 0.717) is 25.8 Å². The molecule has 2 aromatic rings. The number of likely N-dealkylation sites (N-methyl/N-ethyl adjacent to an activating group) is 1. The van der Waals surface area contributed by atoms with Gasteiger partial charge < -0.3 is 24.4 Å². The maximum absolute atomic E-state index is 5.66. The first-order valence-electron chi connectivity index (χ1n) is 10.9. The Morgan fingerprint density at radius 3 is 2.94 bits per heavy atom. The van der Waals surface area contributed by atoms with Crippen LogP contribution in [0.3, 0.4) is 0 Å². The van der Waals surface area contributed by atoms with Crippen LogP contribution in [0, 0.1) is 6.92 Å². The zero-order chi connectivity index (χ0) is 21.2. The highest BCUT2D eigenvalue weighted by Crippen LogP contribution is 2.15. The van der Waals surface area contributed by atoms with Crippen LogP contribution in [0.4, 0.5) is 0 Å². The molecule has 1 aliphatic heterocycles. The molecule has 9 nitrogen and oxygen atoms in total. The first kappa shape index (κ1) is 25.6. The Kier molecular flexibility index (Phi) is 11.3. The molecule has 0 radical (unpaired) electrons. The molecule has 1 saturated heterocycles. The van der Waals surface area contributed by atoms with Gasteiger partial charge in [0.2, 0.25) is 0 Å². The summed E-state index contributed by atoms with van der Waals surface area (Å²) < 4.78 is 12.9. The molecule has 2 aromatic heterocycles. The lowest BCUT2D eigenvalue weighted by atomic mass is 10.2. The standard InChI is InChI=1S/C21H35N7O2.HI/c1-4-28-11-5-8-18(28)14-23-21(24-15-20-26-25-17(2)27(20)3)22-10-7-12-29-16-19-9-6-13-30-19;/h6,9,13,18H,4-5,7-8,10-12,14-16H2,1-3H3,(H2,22,23,24);1H. The van der Waals surface area contributed by atoms with Gasteiger partial charge in [-0.1, -0.05) is 6.92 Å². The highest BCUT2D eigenvalue weighted by molar-refractivity contribution is 14.0. The molecule has 0 bridgehead atoms. The molecular weight excluding hydrogens is 509 g/mol.